The summed E-state index contributed by atoms with van der Waals surface area (Å²) in [5.41, 5.74) is 9.81. The molecule has 2 heterocycles. The molecule has 232 valence electrons. The molecule has 3 nitrogen and oxygen atoms in total. The first-order valence-corrected chi connectivity index (χ1v) is 16.8. The van der Waals surface area contributed by atoms with E-state index in [1.165, 1.54) is 52.8 Å². The van der Waals surface area contributed by atoms with Crippen LogP contribution in [0.1, 0.15) is 96.1 Å². The van der Waals surface area contributed by atoms with Gasteiger partial charge in [-0.2, -0.15) is 0 Å². The number of alkyl halides is 1. The van der Waals surface area contributed by atoms with Crippen molar-refractivity contribution in [3.05, 3.63) is 106 Å². The topological polar surface area (TPSA) is 32.7 Å². The normalized spacial score (nSPS) is 23.5. The van der Waals surface area contributed by atoms with Gasteiger partial charge in [0.05, 0.1) is 5.92 Å². The summed E-state index contributed by atoms with van der Waals surface area (Å²) >= 11 is 0. The Kier molecular flexibility index (Phi) is 11.2. The minimum Gasteiger partial charge on any atom is -0.371 e. The Morgan fingerprint density at radius 1 is 1.14 bits per heavy atom. The summed E-state index contributed by atoms with van der Waals surface area (Å²) in [4.78, 5) is 19.6. The number of carbonyl (C=O) groups is 1. The SMILES string of the molecule is CCC/C(=C\CC/C=C/c1ccc(C2=CCC3=CN=CC=C(N4CC/C=C(\C(=O)[C@H]5C[C@H]5F)CCC4)C3=C2)cc1)CC(C)C. The zero-order valence-electron chi connectivity index (χ0n) is 26.9. The lowest BCUT2D eigenvalue weighted by Gasteiger charge is -2.31. The molecule has 4 aliphatic rings. The van der Waals surface area contributed by atoms with Gasteiger partial charge in [-0.15, -0.1) is 0 Å². The second-order valence-corrected chi connectivity index (χ2v) is 13.1. The van der Waals surface area contributed by atoms with Crippen molar-refractivity contribution in [2.75, 3.05) is 13.1 Å². The molecule has 44 heavy (non-hydrogen) atoms. The van der Waals surface area contributed by atoms with Crippen molar-refractivity contribution in [2.24, 2.45) is 16.8 Å². The molecule has 0 bridgehead atoms. The third kappa shape index (κ3) is 8.55. The second kappa shape index (κ2) is 15.5. The van der Waals surface area contributed by atoms with E-state index in [0.717, 1.165) is 63.1 Å². The maximum Gasteiger partial charge on any atom is 0.164 e. The number of hydrogen-bond donors (Lipinski definition) is 0. The molecule has 1 saturated carbocycles. The van der Waals surface area contributed by atoms with Gasteiger partial charge < -0.3 is 4.90 Å². The van der Waals surface area contributed by atoms with Gasteiger partial charge in [0.15, 0.2) is 5.78 Å². The minimum absolute atomic E-state index is 0.0403. The van der Waals surface area contributed by atoms with Gasteiger partial charge in [0.1, 0.15) is 6.17 Å². The van der Waals surface area contributed by atoms with E-state index in [4.69, 9.17) is 0 Å². The molecule has 0 unspecified atom stereocenters. The van der Waals surface area contributed by atoms with Gasteiger partial charge >= 0.3 is 0 Å². The molecule has 0 spiro atoms. The number of nitrogens with zero attached hydrogens (tertiary/aromatic N) is 2. The lowest BCUT2D eigenvalue weighted by atomic mass is 9.88. The van der Waals surface area contributed by atoms with Crippen LogP contribution in [0, 0.1) is 11.8 Å². The van der Waals surface area contributed by atoms with E-state index >= 15 is 0 Å². The lowest BCUT2D eigenvalue weighted by molar-refractivity contribution is -0.117. The highest BCUT2D eigenvalue weighted by atomic mass is 19.1. The molecule has 4 heteroatoms. The highest BCUT2D eigenvalue weighted by Gasteiger charge is 2.44. The summed E-state index contributed by atoms with van der Waals surface area (Å²) in [5, 5.41) is 0. The van der Waals surface area contributed by atoms with Crippen LogP contribution in [0.15, 0.2) is 99.9 Å². The van der Waals surface area contributed by atoms with Crippen LogP contribution in [-0.4, -0.2) is 36.2 Å². The van der Waals surface area contributed by atoms with E-state index in [-0.39, 0.29) is 11.7 Å². The summed E-state index contributed by atoms with van der Waals surface area (Å²) in [6, 6.07) is 8.90. The van der Waals surface area contributed by atoms with E-state index in [0.29, 0.717) is 6.42 Å². The standard InChI is InChI=1S/C40H49FN2O/c1-4-10-31(25-29(2)3)12-7-5-6-11-30-15-17-32(18-16-30)34-19-20-35-28-42-22-21-39(36(35)26-34)43-23-8-13-33(14-9-24-43)40(44)37-27-38(37)41/h6,11-13,15-19,21-22,26,28-29,37-38H,4-5,7-10,14,20,23-25,27H2,1-3H3/b11-6+,31-12+,33-13-/t37-,38+/m0/s1. The van der Waals surface area contributed by atoms with Gasteiger partial charge in [0, 0.05) is 36.8 Å². The Bertz CT molecular complexity index is 1430. The molecular weight excluding hydrogens is 543 g/mol. The Balaban J connectivity index is 1.22. The molecule has 0 saturated heterocycles. The highest BCUT2D eigenvalue weighted by molar-refractivity contribution is 5.99. The van der Waals surface area contributed by atoms with Crippen LogP contribution in [0.25, 0.3) is 11.6 Å². The number of unbranched alkanes of at least 4 members (excludes halogenated alkanes) is 1. The van der Waals surface area contributed by atoms with Crippen LogP contribution < -0.4 is 0 Å². The van der Waals surface area contributed by atoms with E-state index in [9.17, 15) is 9.18 Å². The van der Waals surface area contributed by atoms with Crippen LogP contribution in [0.3, 0.4) is 0 Å². The average molecular weight is 593 g/mol. The first-order chi connectivity index (χ1) is 21.4. The fourth-order valence-electron chi connectivity index (χ4n) is 6.54. The monoisotopic (exact) mass is 592 g/mol. The van der Waals surface area contributed by atoms with Crippen molar-refractivity contribution < 1.29 is 9.18 Å². The number of aliphatic imine (C=N–C) groups is 1. The molecule has 1 aromatic rings. The maximum absolute atomic E-state index is 13.5. The summed E-state index contributed by atoms with van der Waals surface area (Å²) in [5.74, 6) is 0.382. The fourth-order valence-corrected chi connectivity index (χ4v) is 6.54. The maximum atomic E-state index is 13.5. The first kappa shape index (κ1) is 31.9. The summed E-state index contributed by atoms with van der Waals surface area (Å²) in [7, 11) is 0. The molecule has 5 rings (SSSR count). The first-order valence-electron chi connectivity index (χ1n) is 16.8. The number of rotatable bonds is 12. The van der Waals surface area contributed by atoms with E-state index in [1.807, 2.05) is 12.4 Å². The smallest absolute Gasteiger partial charge is 0.164 e. The quantitative estimate of drug-likeness (QED) is 0.179. The number of carbonyl (C=O) groups excluding carboxylic acids is 1. The van der Waals surface area contributed by atoms with E-state index in [1.54, 1.807) is 5.57 Å². The number of fused-ring (bicyclic) bond motifs is 1. The van der Waals surface area contributed by atoms with Crippen LogP contribution in [0.4, 0.5) is 4.39 Å². The highest BCUT2D eigenvalue weighted by Crippen LogP contribution is 2.39. The van der Waals surface area contributed by atoms with Crippen molar-refractivity contribution in [3.63, 3.8) is 0 Å². The molecule has 2 aliphatic heterocycles. The predicted octanol–water partition coefficient (Wildman–Crippen LogP) is 10.2. The molecule has 2 aliphatic carbocycles. The molecular formula is C40H49FN2O. The minimum atomic E-state index is -0.926. The Morgan fingerprint density at radius 2 is 1.95 bits per heavy atom. The van der Waals surface area contributed by atoms with Gasteiger partial charge in [-0.1, -0.05) is 87.4 Å². The van der Waals surface area contributed by atoms with Gasteiger partial charge in [0.25, 0.3) is 0 Å². The van der Waals surface area contributed by atoms with Crippen LogP contribution >= 0.6 is 0 Å². The third-order valence-corrected chi connectivity index (χ3v) is 8.95. The Labute approximate surface area is 264 Å². The van der Waals surface area contributed by atoms with Crippen molar-refractivity contribution in [1.29, 1.82) is 0 Å². The molecule has 2 atom stereocenters. The van der Waals surface area contributed by atoms with Crippen LogP contribution in [0.5, 0.6) is 0 Å². The van der Waals surface area contributed by atoms with E-state index in [2.05, 4.69) is 97.5 Å². The van der Waals surface area contributed by atoms with Gasteiger partial charge in [-0.3, -0.25) is 9.79 Å². The van der Waals surface area contributed by atoms with E-state index < -0.39 is 6.17 Å². The van der Waals surface area contributed by atoms with Gasteiger partial charge in [-0.25, -0.2) is 4.39 Å². The van der Waals surface area contributed by atoms with Crippen LogP contribution in [0.2, 0.25) is 0 Å². The zero-order valence-corrected chi connectivity index (χ0v) is 26.9. The molecule has 0 radical (unpaired) electrons. The number of ketones is 1. The number of Topliss-reactive ketones (excluding diaryl/α,β-unsaturated/α-hetero) is 1. The molecule has 0 amide bonds. The molecule has 0 N–H and O–H groups in total. The summed E-state index contributed by atoms with van der Waals surface area (Å²) in [6.45, 7) is 8.57. The number of allylic oxidation sites excluding steroid dienone is 9. The summed E-state index contributed by atoms with van der Waals surface area (Å²) in [6.07, 6.45) is 28.3. The second-order valence-electron chi connectivity index (χ2n) is 13.1. The van der Waals surface area contributed by atoms with Crippen molar-refractivity contribution in [2.45, 2.75) is 91.2 Å². The third-order valence-electron chi connectivity index (χ3n) is 8.95. The van der Waals surface area contributed by atoms with Crippen molar-refractivity contribution in [3.8, 4) is 0 Å². The Morgan fingerprint density at radius 3 is 2.70 bits per heavy atom. The average Bonchev–Trinajstić information content (AvgIpc) is 3.77. The van der Waals surface area contributed by atoms with Gasteiger partial charge in [0.2, 0.25) is 0 Å². The lowest BCUT2D eigenvalue weighted by Crippen LogP contribution is -2.29. The Hall–Kier alpha value is -3.53. The largest absolute Gasteiger partial charge is 0.371 e. The number of benzene rings is 1. The van der Waals surface area contributed by atoms with Crippen molar-refractivity contribution in [1.82, 2.24) is 4.90 Å². The van der Waals surface area contributed by atoms with Crippen LogP contribution in [-0.2, 0) is 4.79 Å². The molecule has 0 aromatic heterocycles. The number of halogens is 1. The number of hydrogen-bond acceptors (Lipinski definition) is 3. The predicted molar refractivity (Wildman–Crippen MR) is 184 cm³/mol. The van der Waals surface area contributed by atoms with Gasteiger partial charge in [-0.05, 0) is 104 Å². The van der Waals surface area contributed by atoms with Crippen molar-refractivity contribution >= 4 is 23.6 Å². The fraction of sp³-hybridized carbons (Fsp3) is 0.450. The molecule has 1 fully saturated rings. The zero-order chi connectivity index (χ0) is 30.9. The summed E-state index contributed by atoms with van der Waals surface area (Å²) < 4.78 is 13.5. The molecule has 1 aromatic carbocycles.